The highest BCUT2D eigenvalue weighted by molar-refractivity contribution is 7.75. The van der Waals surface area contributed by atoms with Gasteiger partial charge in [0.05, 0.1) is 11.5 Å². The molecule has 0 aromatic carbocycles. The van der Waals surface area contributed by atoms with Crippen molar-refractivity contribution in [2.24, 2.45) is 0 Å². The van der Waals surface area contributed by atoms with Crippen LogP contribution in [0.2, 0.25) is 0 Å². The Bertz CT molecular complexity index is 204. The number of amides is 1. The molecular formula is C5H8BNO2S. The van der Waals surface area contributed by atoms with Crippen molar-refractivity contribution in [2.75, 3.05) is 0 Å². The molecule has 1 aliphatic heterocycles. The first kappa shape index (κ1) is 7.53. The van der Waals surface area contributed by atoms with E-state index in [9.17, 15) is 4.79 Å². The first-order chi connectivity index (χ1) is 4.66. The minimum Gasteiger partial charge on any atom is -0.431 e. The third-order valence-electron chi connectivity index (χ3n) is 1.55. The second-order valence-electron chi connectivity index (χ2n) is 2.28. The smallest absolute Gasteiger partial charge is 0.250 e. The first-order valence-electron chi connectivity index (χ1n) is 3.00. The molecule has 0 aromatic heterocycles. The summed E-state index contributed by atoms with van der Waals surface area (Å²) in [7, 11) is 1.85. The molecule has 10 heavy (non-hydrogen) atoms. The standard InChI is InChI=1S/C5H8BNO2S/c1-2-3(9-10)4(6)7-5(2)8/h4,10H,6H2,1H3,(H,7,8). The molecule has 1 rings (SSSR count). The van der Waals surface area contributed by atoms with Crippen LogP contribution in [0.3, 0.4) is 0 Å². The predicted molar refractivity (Wildman–Crippen MR) is 43.2 cm³/mol. The van der Waals surface area contributed by atoms with E-state index in [1.54, 1.807) is 6.92 Å². The van der Waals surface area contributed by atoms with E-state index < -0.39 is 0 Å². The lowest BCUT2D eigenvalue weighted by Crippen LogP contribution is -2.28. The molecule has 1 unspecified atom stereocenters. The summed E-state index contributed by atoms with van der Waals surface area (Å²) in [6.45, 7) is 1.71. The first-order valence-corrected chi connectivity index (χ1v) is 3.36. The average molecular weight is 157 g/mol. The Balaban J connectivity index is 2.90. The Hall–Kier alpha value is -0.575. The summed E-state index contributed by atoms with van der Waals surface area (Å²) in [5.74, 6) is 0.509. The summed E-state index contributed by atoms with van der Waals surface area (Å²) in [6.07, 6.45) is 0. The lowest BCUT2D eigenvalue weighted by atomic mass is 9.96. The van der Waals surface area contributed by atoms with Gasteiger partial charge in [-0.25, -0.2) is 0 Å². The van der Waals surface area contributed by atoms with Gasteiger partial charge in [-0.05, 0) is 6.92 Å². The van der Waals surface area contributed by atoms with E-state index in [2.05, 4.69) is 18.2 Å². The molecule has 0 saturated heterocycles. The van der Waals surface area contributed by atoms with E-state index in [1.165, 1.54) is 0 Å². The fourth-order valence-electron chi connectivity index (χ4n) is 0.955. The summed E-state index contributed by atoms with van der Waals surface area (Å²) >= 11 is 3.62. The summed E-state index contributed by atoms with van der Waals surface area (Å²) in [6, 6.07) is 0. The van der Waals surface area contributed by atoms with Gasteiger partial charge in [0, 0.05) is 12.9 Å². The quantitative estimate of drug-likeness (QED) is 0.297. The van der Waals surface area contributed by atoms with Gasteiger partial charge >= 0.3 is 0 Å². The number of nitrogens with one attached hydrogen (secondary N) is 1. The number of hydrogen-bond acceptors (Lipinski definition) is 3. The number of carbonyl (C=O) groups excluding carboxylic acids is 1. The highest BCUT2D eigenvalue weighted by Crippen LogP contribution is 2.16. The van der Waals surface area contributed by atoms with Gasteiger partial charge in [-0.3, -0.25) is 4.79 Å². The Morgan fingerprint density at radius 1 is 1.80 bits per heavy atom. The maximum Gasteiger partial charge on any atom is 0.250 e. The van der Waals surface area contributed by atoms with Crippen molar-refractivity contribution < 1.29 is 8.98 Å². The van der Waals surface area contributed by atoms with Crippen LogP contribution in [0.25, 0.3) is 0 Å². The van der Waals surface area contributed by atoms with Gasteiger partial charge in [-0.2, -0.15) is 0 Å². The minimum absolute atomic E-state index is 0.0370. The Labute approximate surface area is 65.8 Å². The van der Waals surface area contributed by atoms with Crippen molar-refractivity contribution in [3.05, 3.63) is 11.3 Å². The second kappa shape index (κ2) is 2.58. The van der Waals surface area contributed by atoms with E-state index in [1.807, 2.05) is 7.85 Å². The molecular weight excluding hydrogens is 149 g/mol. The van der Waals surface area contributed by atoms with Crippen molar-refractivity contribution in [2.45, 2.75) is 12.9 Å². The molecule has 1 heterocycles. The molecule has 0 bridgehead atoms. The largest absolute Gasteiger partial charge is 0.431 e. The lowest BCUT2D eigenvalue weighted by molar-refractivity contribution is -0.116. The minimum atomic E-state index is -0.0726. The van der Waals surface area contributed by atoms with Crippen LogP contribution in [0.4, 0.5) is 0 Å². The molecule has 1 atom stereocenters. The third kappa shape index (κ3) is 1.01. The molecule has 5 heteroatoms. The Morgan fingerprint density at radius 3 is 2.60 bits per heavy atom. The van der Waals surface area contributed by atoms with E-state index in [0.29, 0.717) is 11.3 Å². The van der Waals surface area contributed by atoms with Gasteiger partial charge in [0.2, 0.25) is 5.91 Å². The van der Waals surface area contributed by atoms with Gasteiger partial charge in [-0.1, -0.05) is 0 Å². The zero-order valence-corrected chi connectivity index (χ0v) is 6.74. The molecule has 3 nitrogen and oxygen atoms in total. The van der Waals surface area contributed by atoms with Crippen LogP contribution in [-0.2, 0) is 8.98 Å². The fraction of sp³-hybridized carbons (Fsp3) is 0.400. The van der Waals surface area contributed by atoms with Crippen molar-refractivity contribution in [3.8, 4) is 0 Å². The van der Waals surface area contributed by atoms with Crippen molar-refractivity contribution in [3.63, 3.8) is 0 Å². The Kier molecular flexibility index (Phi) is 1.94. The second-order valence-corrected chi connectivity index (χ2v) is 2.46. The van der Waals surface area contributed by atoms with Crippen LogP contribution in [0.1, 0.15) is 6.92 Å². The predicted octanol–water partition coefficient (Wildman–Crippen LogP) is -0.789. The number of rotatable bonds is 1. The highest BCUT2D eigenvalue weighted by atomic mass is 32.1. The topological polar surface area (TPSA) is 38.3 Å². The van der Waals surface area contributed by atoms with Crippen LogP contribution >= 0.6 is 12.9 Å². The van der Waals surface area contributed by atoms with Crippen LogP contribution in [0.5, 0.6) is 0 Å². The average Bonchev–Trinajstić information content (AvgIpc) is 2.09. The zero-order valence-electron chi connectivity index (χ0n) is 5.84. The van der Waals surface area contributed by atoms with E-state index >= 15 is 0 Å². The van der Waals surface area contributed by atoms with Crippen LogP contribution in [0, 0.1) is 0 Å². The fourth-order valence-corrected chi connectivity index (χ4v) is 1.25. The molecule has 0 fully saturated rings. The Morgan fingerprint density at radius 2 is 2.40 bits per heavy atom. The number of thiol groups is 1. The normalized spacial score (nSPS) is 25.0. The van der Waals surface area contributed by atoms with E-state index in [4.69, 9.17) is 4.18 Å². The number of hydrogen-bond donors (Lipinski definition) is 2. The molecule has 1 N–H and O–H groups in total. The molecule has 0 radical (unpaired) electrons. The molecule has 1 aliphatic rings. The molecule has 1 amide bonds. The molecule has 0 saturated carbocycles. The molecule has 0 aliphatic carbocycles. The monoisotopic (exact) mass is 157 g/mol. The summed E-state index contributed by atoms with van der Waals surface area (Å²) in [4.78, 5) is 10.9. The van der Waals surface area contributed by atoms with Gasteiger partial charge in [0.1, 0.15) is 13.6 Å². The summed E-state index contributed by atoms with van der Waals surface area (Å²) in [5, 5.41) is 2.68. The van der Waals surface area contributed by atoms with Gasteiger partial charge < -0.3 is 9.50 Å². The molecule has 0 spiro atoms. The lowest BCUT2D eigenvalue weighted by Gasteiger charge is -2.04. The van der Waals surface area contributed by atoms with Gasteiger partial charge in [0.25, 0.3) is 0 Å². The van der Waals surface area contributed by atoms with E-state index in [-0.39, 0.29) is 11.8 Å². The molecule has 54 valence electrons. The van der Waals surface area contributed by atoms with Crippen LogP contribution in [0.15, 0.2) is 11.3 Å². The highest BCUT2D eigenvalue weighted by Gasteiger charge is 2.26. The van der Waals surface area contributed by atoms with Crippen LogP contribution < -0.4 is 5.32 Å². The van der Waals surface area contributed by atoms with Gasteiger partial charge in [-0.15, -0.1) is 0 Å². The van der Waals surface area contributed by atoms with Crippen molar-refractivity contribution >= 4 is 26.7 Å². The number of carbonyl (C=O) groups is 1. The maximum atomic E-state index is 10.9. The summed E-state index contributed by atoms with van der Waals surface area (Å²) < 4.78 is 4.70. The molecule has 0 aromatic rings. The third-order valence-corrected chi connectivity index (χ3v) is 1.75. The summed E-state index contributed by atoms with van der Waals surface area (Å²) in [5.41, 5.74) is 0.613. The maximum absolute atomic E-state index is 10.9. The van der Waals surface area contributed by atoms with E-state index in [0.717, 1.165) is 0 Å². The SMILES string of the molecule is BC1NC(=O)C(C)=C1OS. The van der Waals surface area contributed by atoms with Crippen molar-refractivity contribution in [1.82, 2.24) is 5.32 Å². The zero-order chi connectivity index (χ0) is 7.72. The van der Waals surface area contributed by atoms with Gasteiger partial charge in [0.15, 0.2) is 0 Å². The van der Waals surface area contributed by atoms with Crippen molar-refractivity contribution in [1.29, 1.82) is 0 Å². The van der Waals surface area contributed by atoms with Crippen LogP contribution in [-0.4, -0.2) is 19.7 Å².